The highest BCUT2D eigenvalue weighted by Gasteiger charge is 2.39. The van der Waals surface area contributed by atoms with Crippen LogP contribution in [0.15, 0.2) is 199 Å². The number of ether oxygens (including phenoxy) is 2. The maximum atomic E-state index is 13.8. The van der Waals surface area contributed by atoms with Crippen molar-refractivity contribution in [2.75, 3.05) is 19.0 Å². The summed E-state index contributed by atoms with van der Waals surface area (Å²) in [4.78, 5) is 26.5. The van der Waals surface area contributed by atoms with E-state index in [1.807, 2.05) is 78.9 Å². The topological polar surface area (TPSA) is 94.1 Å². The number of H-pyrrole nitrogens is 1. The van der Waals surface area contributed by atoms with E-state index in [0.29, 0.717) is 23.7 Å². The summed E-state index contributed by atoms with van der Waals surface area (Å²) in [5.41, 5.74) is 6.21. The number of allylic oxidation sites excluding steroid dienone is 1. The fraction of sp³-hybridized carbons (Fsp3) is 0.157. The molecule has 8 aromatic rings. The summed E-state index contributed by atoms with van der Waals surface area (Å²) in [6, 6.07) is 59.9. The Hall–Kier alpha value is -7.03. The number of hydrogen-bond acceptors (Lipinski definition) is 6. The zero-order valence-electron chi connectivity index (χ0n) is 32.9. The molecule has 8 nitrogen and oxygen atoms in total. The molecule has 1 aliphatic carbocycles. The van der Waals surface area contributed by atoms with Crippen LogP contribution in [-0.2, 0) is 15.9 Å². The zero-order valence-corrected chi connectivity index (χ0v) is 32.9. The number of nitrogens with zero attached hydrogens (tertiary/aromatic N) is 3. The van der Waals surface area contributed by atoms with Gasteiger partial charge in [0.1, 0.15) is 16.9 Å². The number of rotatable bonds is 13. The van der Waals surface area contributed by atoms with E-state index in [1.54, 1.807) is 13.4 Å². The lowest BCUT2D eigenvalue weighted by Crippen LogP contribution is -2.39. The van der Waals surface area contributed by atoms with E-state index >= 15 is 0 Å². The molecule has 2 aromatic heterocycles. The Labute approximate surface area is 343 Å². The number of hydrogen-bond donors (Lipinski definition) is 2. The standard InChI is InChI=1S/C51H45N5O3/c1-58-45-33-29-40(30-34-45)50(38-17-7-2-8-18-38,39-19-9-3-10-20-39)55-49-53-47-46(48(57)54-49)52-36-56(47)44-31-27-37(28-32-44)35-59-51(41-21-11-4-12-22-41,42-23-13-5-14-24-42)43-25-15-6-16-26-43/h2-27,29-30,33-34,36,44H,28,31-32,35H2,1H3,(H2,53,54,55,57). The molecule has 9 rings (SSSR count). The molecular weight excluding hydrogens is 731 g/mol. The molecule has 292 valence electrons. The normalized spacial score (nSPS) is 14.5. The fourth-order valence-corrected chi connectivity index (χ4v) is 8.59. The van der Waals surface area contributed by atoms with Crippen molar-refractivity contribution in [3.05, 3.63) is 238 Å². The van der Waals surface area contributed by atoms with E-state index in [2.05, 4.69) is 123 Å². The lowest BCUT2D eigenvalue weighted by molar-refractivity contribution is 0.0259. The number of benzene rings is 6. The molecule has 1 aliphatic rings. The minimum absolute atomic E-state index is 0.0580. The maximum absolute atomic E-state index is 13.8. The van der Waals surface area contributed by atoms with E-state index in [1.165, 1.54) is 5.57 Å². The first-order valence-electron chi connectivity index (χ1n) is 20.1. The smallest absolute Gasteiger partial charge is 0.280 e. The first kappa shape index (κ1) is 37.5. The van der Waals surface area contributed by atoms with Crippen LogP contribution in [0.1, 0.15) is 58.7 Å². The van der Waals surface area contributed by atoms with Crippen LogP contribution >= 0.6 is 0 Å². The second-order valence-corrected chi connectivity index (χ2v) is 14.9. The Morgan fingerprint density at radius 1 is 0.678 bits per heavy atom. The summed E-state index contributed by atoms with van der Waals surface area (Å²) < 4.78 is 14.8. The molecule has 59 heavy (non-hydrogen) atoms. The first-order valence-corrected chi connectivity index (χ1v) is 20.1. The molecule has 1 unspecified atom stereocenters. The van der Waals surface area contributed by atoms with Gasteiger partial charge in [0.05, 0.1) is 20.0 Å². The zero-order chi connectivity index (χ0) is 40.1. The molecule has 2 heterocycles. The molecule has 0 amide bonds. The van der Waals surface area contributed by atoms with Gasteiger partial charge in [0.25, 0.3) is 5.56 Å². The third kappa shape index (κ3) is 7.13. The number of fused-ring (bicyclic) bond motifs is 1. The average Bonchev–Trinajstić information content (AvgIpc) is 3.75. The highest BCUT2D eigenvalue weighted by atomic mass is 16.5. The van der Waals surface area contributed by atoms with Crippen LogP contribution in [0.3, 0.4) is 0 Å². The minimum Gasteiger partial charge on any atom is -0.497 e. The average molecular weight is 776 g/mol. The number of aromatic amines is 1. The largest absolute Gasteiger partial charge is 0.497 e. The quantitative estimate of drug-likeness (QED) is 0.0895. The van der Waals surface area contributed by atoms with Crippen molar-refractivity contribution in [3.63, 3.8) is 0 Å². The van der Waals surface area contributed by atoms with Crippen molar-refractivity contribution in [3.8, 4) is 5.75 Å². The fourth-order valence-electron chi connectivity index (χ4n) is 8.59. The Morgan fingerprint density at radius 2 is 1.17 bits per heavy atom. The number of anilines is 1. The molecule has 8 heteroatoms. The second-order valence-electron chi connectivity index (χ2n) is 14.9. The summed E-state index contributed by atoms with van der Waals surface area (Å²) >= 11 is 0. The van der Waals surface area contributed by atoms with Crippen LogP contribution in [0.25, 0.3) is 11.2 Å². The van der Waals surface area contributed by atoms with Crippen molar-refractivity contribution in [2.45, 2.75) is 36.4 Å². The highest BCUT2D eigenvalue weighted by Crippen LogP contribution is 2.43. The molecule has 0 bridgehead atoms. The molecule has 6 aromatic carbocycles. The van der Waals surface area contributed by atoms with Gasteiger partial charge < -0.3 is 19.4 Å². The van der Waals surface area contributed by atoms with Gasteiger partial charge in [-0.15, -0.1) is 0 Å². The van der Waals surface area contributed by atoms with Crippen LogP contribution in [-0.4, -0.2) is 33.2 Å². The van der Waals surface area contributed by atoms with Crippen LogP contribution in [0.2, 0.25) is 0 Å². The van der Waals surface area contributed by atoms with E-state index in [-0.39, 0.29) is 11.6 Å². The summed E-state index contributed by atoms with van der Waals surface area (Å²) in [6.07, 6.45) is 6.47. The van der Waals surface area contributed by atoms with Crippen molar-refractivity contribution in [1.29, 1.82) is 0 Å². The summed E-state index contributed by atoms with van der Waals surface area (Å²) in [5, 5.41) is 3.73. The van der Waals surface area contributed by atoms with Crippen molar-refractivity contribution >= 4 is 17.1 Å². The molecule has 2 N–H and O–H groups in total. The van der Waals surface area contributed by atoms with Crippen LogP contribution in [0.5, 0.6) is 5.75 Å². The SMILES string of the molecule is COc1ccc(C(Nc2nc3c(ncn3C3CC=C(COC(c4ccccc4)(c4ccccc4)c4ccccc4)CC3)c(=O)[nH]2)(c2ccccc2)c2ccccc2)cc1. The van der Waals surface area contributed by atoms with Gasteiger partial charge >= 0.3 is 0 Å². The predicted octanol–water partition coefficient (Wildman–Crippen LogP) is 10.2. The van der Waals surface area contributed by atoms with Gasteiger partial charge in [-0.1, -0.05) is 170 Å². The summed E-state index contributed by atoms with van der Waals surface area (Å²) in [6.45, 7) is 0.467. The molecule has 0 saturated carbocycles. The monoisotopic (exact) mass is 775 g/mol. The number of aromatic nitrogens is 4. The molecular formula is C51H45N5O3. The minimum atomic E-state index is -0.916. The van der Waals surface area contributed by atoms with Crippen molar-refractivity contribution in [1.82, 2.24) is 19.5 Å². The Morgan fingerprint density at radius 3 is 1.64 bits per heavy atom. The van der Waals surface area contributed by atoms with Crippen molar-refractivity contribution < 1.29 is 9.47 Å². The van der Waals surface area contributed by atoms with E-state index in [4.69, 9.17) is 14.5 Å². The molecule has 0 aliphatic heterocycles. The van der Waals surface area contributed by atoms with E-state index in [9.17, 15) is 4.79 Å². The van der Waals surface area contributed by atoms with E-state index < -0.39 is 11.1 Å². The van der Waals surface area contributed by atoms with Crippen molar-refractivity contribution in [2.24, 2.45) is 0 Å². The Balaban J connectivity index is 1.04. The predicted molar refractivity (Wildman–Crippen MR) is 234 cm³/mol. The van der Waals surface area contributed by atoms with Gasteiger partial charge in [-0.3, -0.25) is 9.78 Å². The van der Waals surface area contributed by atoms with Crippen LogP contribution in [0, 0.1) is 0 Å². The maximum Gasteiger partial charge on any atom is 0.280 e. The van der Waals surface area contributed by atoms with E-state index in [0.717, 1.165) is 58.4 Å². The van der Waals surface area contributed by atoms with Gasteiger partial charge in [0.2, 0.25) is 5.95 Å². The van der Waals surface area contributed by atoms with Gasteiger partial charge in [0, 0.05) is 6.04 Å². The van der Waals surface area contributed by atoms with Gasteiger partial charge in [-0.25, -0.2) is 4.98 Å². The molecule has 0 saturated heterocycles. The lowest BCUT2D eigenvalue weighted by atomic mass is 9.77. The third-order valence-corrected chi connectivity index (χ3v) is 11.6. The highest BCUT2D eigenvalue weighted by molar-refractivity contribution is 5.72. The third-order valence-electron chi connectivity index (χ3n) is 11.6. The van der Waals surface area contributed by atoms with Gasteiger partial charge in [-0.2, -0.15) is 4.98 Å². The molecule has 0 radical (unpaired) electrons. The summed E-state index contributed by atoms with van der Waals surface area (Å²) in [7, 11) is 1.66. The number of nitrogens with one attached hydrogen (secondary N) is 2. The Kier molecular flexibility index (Phi) is 10.5. The Bertz CT molecular complexity index is 2580. The van der Waals surface area contributed by atoms with Crippen LogP contribution in [0.4, 0.5) is 5.95 Å². The lowest BCUT2D eigenvalue weighted by Gasteiger charge is -2.37. The molecule has 0 spiro atoms. The second kappa shape index (κ2) is 16.4. The summed E-state index contributed by atoms with van der Waals surface area (Å²) in [5.74, 6) is 1.09. The molecule has 1 atom stereocenters. The number of imidazole rings is 1. The van der Waals surface area contributed by atoms with Crippen LogP contribution < -0.4 is 15.6 Å². The molecule has 0 fully saturated rings. The first-order chi connectivity index (χ1) is 29.1. The van der Waals surface area contributed by atoms with Gasteiger partial charge in [-0.05, 0) is 70.3 Å². The number of methoxy groups -OCH3 is 1. The van der Waals surface area contributed by atoms with Gasteiger partial charge in [0.15, 0.2) is 11.2 Å².